The quantitative estimate of drug-likeness (QED) is 0.622. The van der Waals surface area contributed by atoms with Gasteiger partial charge in [0, 0.05) is 25.4 Å². The second-order valence-corrected chi connectivity index (χ2v) is 5.39. The molecule has 0 aliphatic carbocycles. The molecule has 1 aliphatic rings. The molecule has 0 unspecified atom stereocenters. The highest BCUT2D eigenvalue weighted by Gasteiger charge is 2.31. The topological polar surface area (TPSA) is 79.8 Å². The number of ether oxygens (including phenoxy) is 1. The molecule has 7 heteroatoms. The van der Waals surface area contributed by atoms with Crippen molar-refractivity contribution in [2.45, 2.75) is 20.3 Å². The van der Waals surface area contributed by atoms with Crippen molar-refractivity contribution in [2.75, 3.05) is 20.2 Å². The monoisotopic (exact) mass is 317 g/mol. The number of hydrogen-bond acceptors (Lipinski definition) is 5. The molecule has 0 radical (unpaired) electrons. The van der Waals surface area contributed by atoms with Crippen LogP contribution in [-0.2, 0) is 9.53 Å². The number of pyridine rings is 1. The summed E-state index contributed by atoms with van der Waals surface area (Å²) >= 11 is 0. The van der Waals surface area contributed by atoms with Gasteiger partial charge in [0.25, 0.3) is 11.8 Å². The van der Waals surface area contributed by atoms with Crippen molar-refractivity contribution < 1.29 is 19.1 Å². The lowest BCUT2D eigenvalue weighted by Crippen LogP contribution is -2.44. The van der Waals surface area contributed by atoms with Gasteiger partial charge in [0.05, 0.1) is 12.7 Å². The van der Waals surface area contributed by atoms with Gasteiger partial charge in [-0.15, -0.1) is 0 Å². The summed E-state index contributed by atoms with van der Waals surface area (Å²) in [6, 6.07) is 2.93. The number of methoxy groups -OCH3 is 1. The number of esters is 1. The minimum atomic E-state index is -0.516. The van der Waals surface area contributed by atoms with Gasteiger partial charge in [-0.2, -0.15) is 0 Å². The first-order valence-corrected chi connectivity index (χ1v) is 7.26. The van der Waals surface area contributed by atoms with Crippen LogP contribution in [0.5, 0.6) is 0 Å². The van der Waals surface area contributed by atoms with E-state index in [2.05, 4.69) is 9.72 Å². The van der Waals surface area contributed by atoms with E-state index < -0.39 is 5.97 Å². The standard InChI is InChI=1S/C16H19N3O4/c1-11(2)9-14(20)18-7-4-8-19(18)15(21)13-6-5-12(10-17-13)16(22)23-3/h5-6,9-10H,4,7-8H2,1-3H3. The third-order valence-corrected chi connectivity index (χ3v) is 3.34. The Morgan fingerprint density at radius 2 is 1.87 bits per heavy atom. The smallest absolute Gasteiger partial charge is 0.339 e. The van der Waals surface area contributed by atoms with Crippen molar-refractivity contribution in [3.8, 4) is 0 Å². The summed E-state index contributed by atoms with van der Waals surface area (Å²) in [4.78, 5) is 40.1. The number of carbonyl (C=O) groups excluding carboxylic acids is 3. The number of rotatable bonds is 3. The summed E-state index contributed by atoms with van der Waals surface area (Å²) < 4.78 is 4.59. The van der Waals surface area contributed by atoms with Crippen molar-refractivity contribution in [3.63, 3.8) is 0 Å². The van der Waals surface area contributed by atoms with E-state index in [0.29, 0.717) is 19.5 Å². The zero-order chi connectivity index (χ0) is 17.0. The summed E-state index contributed by atoms with van der Waals surface area (Å²) in [5.74, 6) is -1.10. The molecule has 2 rings (SSSR count). The molecule has 0 atom stereocenters. The van der Waals surface area contributed by atoms with Gasteiger partial charge in [0.2, 0.25) is 0 Å². The highest BCUT2D eigenvalue weighted by molar-refractivity contribution is 5.97. The van der Waals surface area contributed by atoms with Crippen molar-refractivity contribution in [2.24, 2.45) is 0 Å². The lowest BCUT2D eigenvalue weighted by Gasteiger charge is -2.26. The van der Waals surface area contributed by atoms with E-state index in [0.717, 1.165) is 5.57 Å². The summed E-state index contributed by atoms with van der Waals surface area (Å²) in [6.45, 7) is 4.61. The maximum Gasteiger partial charge on any atom is 0.339 e. The predicted octanol–water partition coefficient (Wildman–Crippen LogP) is 1.42. The van der Waals surface area contributed by atoms with E-state index in [-0.39, 0.29) is 23.1 Å². The van der Waals surface area contributed by atoms with E-state index >= 15 is 0 Å². The van der Waals surface area contributed by atoms with Crippen molar-refractivity contribution >= 4 is 17.8 Å². The Morgan fingerprint density at radius 1 is 1.17 bits per heavy atom. The molecule has 7 nitrogen and oxygen atoms in total. The van der Waals surface area contributed by atoms with Gasteiger partial charge in [-0.3, -0.25) is 14.6 Å². The molecule has 1 fully saturated rings. The number of amides is 2. The number of nitrogens with zero attached hydrogens (tertiary/aromatic N) is 3. The molecule has 1 aromatic heterocycles. The van der Waals surface area contributed by atoms with Crippen LogP contribution in [0.2, 0.25) is 0 Å². The second kappa shape index (κ2) is 7.04. The average molecular weight is 317 g/mol. The van der Waals surface area contributed by atoms with Crippen LogP contribution in [0.15, 0.2) is 30.0 Å². The highest BCUT2D eigenvalue weighted by Crippen LogP contribution is 2.15. The molecule has 2 amide bonds. The number of allylic oxidation sites excluding steroid dienone is 1. The third-order valence-electron chi connectivity index (χ3n) is 3.34. The lowest BCUT2D eigenvalue weighted by molar-refractivity contribution is -0.135. The van der Waals surface area contributed by atoms with Gasteiger partial charge in [-0.05, 0) is 32.4 Å². The van der Waals surface area contributed by atoms with E-state index in [1.165, 1.54) is 41.5 Å². The highest BCUT2D eigenvalue weighted by atomic mass is 16.5. The zero-order valence-electron chi connectivity index (χ0n) is 13.4. The third kappa shape index (κ3) is 3.74. The SMILES string of the molecule is COC(=O)c1ccc(C(=O)N2CCCN2C(=O)C=C(C)C)nc1. The van der Waals surface area contributed by atoms with Crippen LogP contribution in [0.25, 0.3) is 0 Å². The van der Waals surface area contributed by atoms with E-state index in [9.17, 15) is 14.4 Å². The predicted molar refractivity (Wildman–Crippen MR) is 82.4 cm³/mol. The Labute approximate surface area is 134 Å². The molecule has 0 aromatic carbocycles. The summed E-state index contributed by atoms with van der Waals surface area (Å²) in [5.41, 5.74) is 1.31. The first kappa shape index (κ1) is 16.7. The van der Waals surface area contributed by atoms with Gasteiger partial charge in [-0.1, -0.05) is 5.57 Å². The minimum Gasteiger partial charge on any atom is -0.465 e. The average Bonchev–Trinajstić information content (AvgIpc) is 3.02. The van der Waals surface area contributed by atoms with Crippen LogP contribution in [-0.4, -0.2) is 53.0 Å². The van der Waals surface area contributed by atoms with Gasteiger partial charge in [0.15, 0.2) is 0 Å². The molecular weight excluding hydrogens is 298 g/mol. The second-order valence-electron chi connectivity index (χ2n) is 5.39. The normalized spacial score (nSPS) is 13.7. The first-order valence-electron chi connectivity index (χ1n) is 7.26. The van der Waals surface area contributed by atoms with Crippen LogP contribution < -0.4 is 0 Å². The number of hydrazine groups is 1. The van der Waals surface area contributed by atoms with Gasteiger partial charge in [0.1, 0.15) is 5.69 Å². The molecule has 0 bridgehead atoms. The van der Waals surface area contributed by atoms with Crippen LogP contribution in [0.1, 0.15) is 41.1 Å². The number of carbonyl (C=O) groups is 3. The van der Waals surface area contributed by atoms with Crippen molar-refractivity contribution in [3.05, 3.63) is 41.2 Å². The van der Waals surface area contributed by atoms with Crippen LogP contribution in [0.4, 0.5) is 0 Å². The van der Waals surface area contributed by atoms with E-state index in [1.807, 2.05) is 13.8 Å². The first-order chi connectivity index (χ1) is 10.9. The molecular formula is C16H19N3O4. The maximum absolute atomic E-state index is 12.5. The lowest BCUT2D eigenvalue weighted by atomic mass is 10.2. The molecule has 122 valence electrons. The van der Waals surface area contributed by atoms with Crippen molar-refractivity contribution in [1.29, 1.82) is 0 Å². The molecule has 23 heavy (non-hydrogen) atoms. The summed E-state index contributed by atoms with van der Waals surface area (Å²) in [5, 5.41) is 2.81. The molecule has 0 saturated carbocycles. The number of aromatic nitrogens is 1. The Hall–Kier alpha value is -2.70. The molecule has 0 N–H and O–H groups in total. The van der Waals surface area contributed by atoms with Crippen LogP contribution in [0, 0.1) is 0 Å². The summed E-state index contributed by atoms with van der Waals surface area (Å²) in [6.07, 6.45) is 3.51. The van der Waals surface area contributed by atoms with Gasteiger partial charge in [-0.25, -0.2) is 14.8 Å². The number of hydrogen-bond donors (Lipinski definition) is 0. The maximum atomic E-state index is 12.5. The Balaban J connectivity index is 2.17. The van der Waals surface area contributed by atoms with Crippen LogP contribution >= 0.6 is 0 Å². The molecule has 1 aromatic rings. The van der Waals surface area contributed by atoms with E-state index in [1.54, 1.807) is 0 Å². The minimum absolute atomic E-state index is 0.176. The fourth-order valence-electron chi connectivity index (χ4n) is 2.26. The largest absolute Gasteiger partial charge is 0.465 e. The van der Waals surface area contributed by atoms with Gasteiger partial charge < -0.3 is 4.74 Å². The van der Waals surface area contributed by atoms with Gasteiger partial charge >= 0.3 is 5.97 Å². The Kier molecular flexibility index (Phi) is 5.10. The van der Waals surface area contributed by atoms with Crippen LogP contribution in [0.3, 0.4) is 0 Å². The molecule has 0 spiro atoms. The zero-order valence-corrected chi connectivity index (χ0v) is 13.4. The molecule has 1 aliphatic heterocycles. The molecule has 2 heterocycles. The fourth-order valence-corrected chi connectivity index (χ4v) is 2.26. The Morgan fingerprint density at radius 3 is 2.43 bits per heavy atom. The molecule has 1 saturated heterocycles. The fraction of sp³-hybridized carbons (Fsp3) is 0.375. The summed E-state index contributed by atoms with van der Waals surface area (Å²) in [7, 11) is 1.28. The Bertz CT molecular complexity index is 648. The van der Waals surface area contributed by atoms with E-state index in [4.69, 9.17) is 0 Å². The van der Waals surface area contributed by atoms with Crippen molar-refractivity contribution in [1.82, 2.24) is 15.0 Å².